The van der Waals surface area contributed by atoms with E-state index >= 15 is 0 Å². The molecule has 2 aliphatic carbocycles. The van der Waals surface area contributed by atoms with Gasteiger partial charge in [0, 0.05) is 0 Å². The van der Waals surface area contributed by atoms with Gasteiger partial charge in [-0.15, -0.1) is 0 Å². The second-order valence-electron chi connectivity index (χ2n) is 12.8. The van der Waals surface area contributed by atoms with Gasteiger partial charge in [-0.05, 0) is 88.5 Å². The minimum Gasteiger partial charge on any atom is -0.0613 e. The third-order valence-corrected chi connectivity index (χ3v) is 8.33. The molecule has 0 N–H and O–H groups in total. The zero-order chi connectivity index (χ0) is 23.2. The summed E-state index contributed by atoms with van der Waals surface area (Å²) in [6.45, 7) is 23.5. The molecule has 0 radical (unpaired) electrons. The molecule has 31 heavy (non-hydrogen) atoms. The second kappa shape index (κ2) is 8.09. The van der Waals surface area contributed by atoms with Crippen LogP contribution >= 0.6 is 0 Å². The summed E-state index contributed by atoms with van der Waals surface area (Å²) in [5, 5.41) is 0. The van der Waals surface area contributed by atoms with Crippen LogP contribution in [0.3, 0.4) is 0 Å². The van der Waals surface area contributed by atoms with Crippen molar-refractivity contribution in [1.82, 2.24) is 0 Å². The van der Waals surface area contributed by atoms with Gasteiger partial charge in [0.25, 0.3) is 0 Å². The number of benzene rings is 2. The van der Waals surface area contributed by atoms with Crippen LogP contribution < -0.4 is 0 Å². The molecule has 2 aromatic rings. The van der Waals surface area contributed by atoms with Gasteiger partial charge in [-0.25, -0.2) is 0 Å². The lowest BCUT2D eigenvalue weighted by Crippen LogP contribution is -2.33. The Morgan fingerprint density at radius 3 is 1.39 bits per heavy atom. The summed E-state index contributed by atoms with van der Waals surface area (Å²) in [4.78, 5) is 0. The summed E-state index contributed by atoms with van der Waals surface area (Å²) in [5.74, 6) is 0. The Balaban J connectivity index is 0.000000176. The van der Waals surface area contributed by atoms with Crippen molar-refractivity contribution in [2.75, 3.05) is 0 Å². The summed E-state index contributed by atoms with van der Waals surface area (Å²) in [7, 11) is 0. The van der Waals surface area contributed by atoms with E-state index in [9.17, 15) is 0 Å². The number of hydrogen-bond donors (Lipinski definition) is 0. The summed E-state index contributed by atoms with van der Waals surface area (Å²) in [5.41, 5.74) is 10.6. The summed E-state index contributed by atoms with van der Waals surface area (Å²) in [6.07, 6.45) is 6.36. The van der Waals surface area contributed by atoms with Crippen molar-refractivity contribution in [2.24, 2.45) is 0 Å². The van der Waals surface area contributed by atoms with Crippen molar-refractivity contribution in [3.63, 3.8) is 0 Å². The van der Waals surface area contributed by atoms with Crippen LogP contribution in [0.2, 0.25) is 0 Å². The van der Waals surface area contributed by atoms with Gasteiger partial charge in [-0.2, -0.15) is 0 Å². The fourth-order valence-corrected chi connectivity index (χ4v) is 5.56. The number of aryl methyl sites for hydroxylation is 2. The van der Waals surface area contributed by atoms with Gasteiger partial charge in [-0.3, -0.25) is 0 Å². The highest BCUT2D eigenvalue weighted by atomic mass is 14.4. The fourth-order valence-electron chi connectivity index (χ4n) is 5.56. The van der Waals surface area contributed by atoms with E-state index in [-0.39, 0.29) is 0 Å². The topological polar surface area (TPSA) is 0 Å². The molecule has 0 atom stereocenters. The van der Waals surface area contributed by atoms with E-state index in [4.69, 9.17) is 0 Å². The van der Waals surface area contributed by atoms with Gasteiger partial charge in [0.1, 0.15) is 0 Å². The Hall–Kier alpha value is -1.56. The highest BCUT2D eigenvalue weighted by Gasteiger charge is 2.37. The van der Waals surface area contributed by atoms with Gasteiger partial charge < -0.3 is 0 Å². The molecule has 0 saturated carbocycles. The molecule has 0 heterocycles. The lowest BCUT2D eigenvalue weighted by molar-refractivity contribution is 0.331. The molecule has 170 valence electrons. The van der Waals surface area contributed by atoms with E-state index in [1.165, 1.54) is 36.8 Å². The maximum absolute atomic E-state index is 2.44. The van der Waals surface area contributed by atoms with Gasteiger partial charge in [0.05, 0.1) is 0 Å². The van der Waals surface area contributed by atoms with E-state index < -0.39 is 0 Å². The number of fused-ring (bicyclic) bond motifs is 2. The average Bonchev–Trinajstić information content (AvgIpc) is 2.69. The molecule has 2 aromatic carbocycles. The van der Waals surface area contributed by atoms with Gasteiger partial charge in [0.2, 0.25) is 0 Å². The molecule has 0 bridgehead atoms. The van der Waals surface area contributed by atoms with Crippen molar-refractivity contribution >= 4 is 0 Å². The third-order valence-electron chi connectivity index (χ3n) is 8.33. The van der Waals surface area contributed by atoms with Crippen LogP contribution in [0.5, 0.6) is 0 Å². The van der Waals surface area contributed by atoms with Crippen LogP contribution in [0.4, 0.5) is 0 Å². The number of rotatable bonds is 1. The number of hydrogen-bond acceptors (Lipinski definition) is 0. The van der Waals surface area contributed by atoms with Crippen LogP contribution in [0.1, 0.15) is 121 Å². The Morgan fingerprint density at radius 1 is 0.548 bits per heavy atom. The van der Waals surface area contributed by atoms with Crippen LogP contribution in [0.15, 0.2) is 36.4 Å². The molecule has 2 aliphatic rings. The first-order valence-electron chi connectivity index (χ1n) is 12.5. The van der Waals surface area contributed by atoms with Crippen molar-refractivity contribution in [3.05, 3.63) is 69.8 Å². The van der Waals surface area contributed by atoms with Crippen LogP contribution in [-0.4, -0.2) is 0 Å². The van der Waals surface area contributed by atoms with Crippen LogP contribution in [-0.2, 0) is 28.1 Å². The SMILES string of the molecule is CCc1ccc2c(c1)C(C)(C)CCC2(C)C.Cc1ccc2c(c1)C(C)(C)CCC2(C)C. The predicted molar refractivity (Wildman–Crippen MR) is 138 cm³/mol. The van der Waals surface area contributed by atoms with E-state index in [1.807, 2.05) is 0 Å². The summed E-state index contributed by atoms with van der Waals surface area (Å²) in [6, 6.07) is 14.1. The van der Waals surface area contributed by atoms with E-state index in [0.29, 0.717) is 21.7 Å². The van der Waals surface area contributed by atoms with Gasteiger partial charge >= 0.3 is 0 Å². The first-order valence-corrected chi connectivity index (χ1v) is 12.5. The zero-order valence-electron chi connectivity index (χ0n) is 22.0. The fraction of sp³-hybridized carbons (Fsp3) is 0.613. The molecular formula is C31H46. The van der Waals surface area contributed by atoms with Crippen molar-refractivity contribution < 1.29 is 0 Å². The van der Waals surface area contributed by atoms with Crippen molar-refractivity contribution in [1.29, 1.82) is 0 Å². The Bertz CT molecular complexity index is 937. The van der Waals surface area contributed by atoms with Gasteiger partial charge in [-0.1, -0.05) is 104 Å². The third kappa shape index (κ3) is 4.79. The predicted octanol–water partition coefficient (Wildman–Crippen LogP) is 8.94. The monoisotopic (exact) mass is 418 g/mol. The van der Waals surface area contributed by atoms with Crippen molar-refractivity contribution in [2.45, 2.75) is 123 Å². The Morgan fingerprint density at radius 2 is 0.935 bits per heavy atom. The molecule has 0 fully saturated rings. The largest absolute Gasteiger partial charge is 0.0613 e. The molecule has 0 unspecified atom stereocenters. The highest BCUT2D eigenvalue weighted by Crippen LogP contribution is 2.47. The minimum atomic E-state index is 0.357. The van der Waals surface area contributed by atoms with E-state index in [1.54, 1.807) is 22.3 Å². The molecule has 0 saturated heterocycles. The van der Waals surface area contributed by atoms with Gasteiger partial charge in [0.15, 0.2) is 0 Å². The van der Waals surface area contributed by atoms with E-state index in [0.717, 1.165) is 6.42 Å². The first kappa shape index (κ1) is 24.1. The molecule has 0 amide bonds. The van der Waals surface area contributed by atoms with E-state index in [2.05, 4.69) is 106 Å². The molecule has 0 spiro atoms. The normalized spacial score (nSPS) is 21.9. The molecular weight excluding hydrogens is 372 g/mol. The standard InChI is InChI=1S/C16H24.C15H22/c1-6-12-7-8-13-14(11-12)16(4,5)10-9-15(13,2)3;1-11-6-7-12-13(10-11)15(4,5)9-8-14(12,2)3/h7-8,11H,6,9-10H2,1-5H3;6-7,10H,8-9H2,1-5H3. The molecule has 0 nitrogen and oxygen atoms in total. The molecule has 0 heteroatoms. The average molecular weight is 419 g/mol. The zero-order valence-corrected chi connectivity index (χ0v) is 22.0. The lowest BCUT2D eigenvalue weighted by Gasteiger charge is -2.42. The van der Waals surface area contributed by atoms with Crippen LogP contribution in [0, 0.1) is 6.92 Å². The Kier molecular flexibility index (Phi) is 6.29. The quantitative estimate of drug-likeness (QED) is 0.433. The Labute approximate surface area is 192 Å². The summed E-state index contributed by atoms with van der Waals surface area (Å²) >= 11 is 0. The summed E-state index contributed by atoms with van der Waals surface area (Å²) < 4.78 is 0. The maximum atomic E-state index is 2.44. The maximum Gasteiger partial charge on any atom is -0.0100 e. The molecule has 0 aromatic heterocycles. The van der Waals surface area contributed by atoms with Crippen LogP contribution in [0.25, 0.3) is 0 Å². The first-order chi connectivity index (χ1) is 14.2. The molecule has 0 aliphatic heterocycles. The highest BCUT2D eigenvalue weighted by molar-refractivity contribution is 5.44. The molecule has 4 rings (SSSR count). The second-order valence-corrected chi connectivity index (χ2v) is 12.8. The minimum absolute atomic E-state index is 0.357. The van der Waals surface area contributed by atoms with Crippen molar-refractivity contribution in [3.8, 4) is 0 Å². The lowest BCUT2D eigenvalue weighted by atomic mass is 9.63. The smallest absolute Gasteiger partial charge is 0.0100 e.